The van der Waals surface area contributed by atoms with Crippen molar-refractivity contribution in [2.75, 3.05) is 11.9 Å². The van der Waals surface area contributed by atoms with Crippen LogP contribution in [0.5, 0.6) is 0 Å². The molecule has 0 aromatic heterocycles. The van der Waals surface area contributed by atoms with Gasteiger partial charge in [-0.1, -0.05) is 62.6 Å². The number of rotatable bonds is 11. The van der Waals surface area contributed by atoms with E-state index >= 15 is 0 Å². The summed E-state index contributed by atoms with van der Waals surface area (Å²) in [5.74, 6) is -4.57. The number of carbonyl (C=O) groups is 3. The lowest BCUT2D eigenvalue weighted by atomic mass is 9.83. The van der Waals surface area contributed by atoms with Gasteiger partial charge in [-0.15, -0.1) is 0 Å². The van der Waals surface area contributed by atoms with E-state index in [4.69, 9.17) is 16.3 Å². The van der Waals surface area contributed by atoms with E-state index in [9.17, 15) is 27.6 Å². The molecule has 0 bridgehead atoms. The van der Waals surface area contributed by atoms with Crippen LogP contribution in [0, 0.1) is 23.7 Å². The predicted molar refractivity (Wildman–Crippen MR) is 157 cm³/mol. The molecule has 1 heterocycles. The first-order valence-corrected chi connectivity index (χ1v) is 15.0. The number of esters is 1. The van der Waals surface area contributed by atoms with Gasteiger partial charge in [-0.25, -0.2) is 4.99 Å². The first kappa shape index (κ1) is 32.0. The predicted octanol–water partition coefficient (Wildman–Crippen LogP) is 6.91. The number of nitrogens with one attached hydrogen (secondary N) is 2. The van der Waals surface area contributed by atoms with Crippen LogP contribution in [0.2, 0.25) is 5.02 Å². The van der Waals surface area contributed by atoms with E-state index in [1.54, 1.807) is 42.5 Å². The molecule has 1 saturated carbocycles. The fraction of sp³-hybridized carbons (Fsp3) is 0.467. The van der Waals surface area contributed by atoms with Crippen molar-refractivity contribution in [2.24, 2.45) is 28.7 Å². The van der Waals surface area contributed by atoms with Gasteiger partial charge in [-0.3, -0.25) is 14.4 Å². The van der Waals surface area contributed by atoms with Gasteiger partial charge in [0.05, 0.1) is 29.8 Å². The number of amides is 2. The molecule has 226 valence electrons. The number of para-hydroxylation sites is 1. The summed E-state index contributed by atoms with van der Waals surface area (Å²) in [6.07, 6.45) is -6.03. The maximum absolute atomic E-state index is 13.7. The highest BCUT2D eigenvalue weighted by atomic mass is 79.9. The quantitative estimate of drug-likeness (QED) is 0.254. The summed E-state index contributed by atoms with van der Waals surface area (Å²) >= 11 is 9.51. The SMILES string of the molecule is CC(C)COC(=O)C(CC1CC1)C(CCC(F)(F)F)C(=O)NC1N=C(c2ccc(Cl)cc2)c2cccc(Br)c2NC1=O. The second-order valence-corrected chi connectivity index (χ2v) is 12.4. The normalized spacial score (nSPS) is 18.3. The van der Waals surface area contributed by atoms with E-state index in [0.29, 0.717) is 32.0 Å². The van der Waals surface area contributed by atoms with E-state index in [1.165, 1.54) is 0 Å². The number of halogens is 5. The molecular formula is C30H32BrClF3N3O4. The third-order valence-corrected chi connectivity index (χ3v) is 8.04. The number of aliphatic imine (C=N–C) groups is 1. The second-order valence-electron chi connectivity index (χ2n) is 11.1. The Morgan fingerprint density at radius 2 is 1.83 bits per heavy atom. The van der Waals surface area contributed by atoms with Crippen molar-refractivity contribution >= 4 is 56.7 Å². The van der Waals surface area contributed by atoms with Crippen molar-refractivity contribution in [3.05, 3.63) is 63.1 Å². The van der Waals surface area contributed by atoms with Crippen molar-refractivity contribution in [1.29, 1.82) is 0 Å². The van der Waals surface area contributed by atoms with Crippen molar-refractivity contribution in [2.45, 2.75) is 58.3 Å². The van der Waals surface area contributed by atoms with Crippen LogP contribution in [0.15, 0.2) is 51.9 Å². The molecule has 1 fully saturated rings. The second kappa shape index (κ2) is 13.6. The first-order chi connectivity index (χ1) is 19.8. The minimum Gasteiger partial charge on any atom is -0.465 e. The Bertz CT molecular complexity index is 1350. The topological polar surface area (TPSA) is 96.9 Å². The molecule has 0 spiro atoms. The Labute approximate surface area is 255 Å². The van der Waals surface area contributed by atoms with Crippen molar-refractivity contribution in [3.8, 4) is 0 Å². The van der Waals surface area contributed by atoms with Crippen LogP contribution in [0.1, 0.15) is 57.1 Å². The number of ether oxygens (including phenoxy) is 1. The van der Waals surface area contributed by atoms with Gasteiger partial charge in [0.25, 0.3) is 5.91 Å². The van der Waals surface area contributed by atoms with Crippen LogP contribution in [-0.2, 0) is 19.1 Å². The molecule has 0 saturated heterocycles. The lowest BCUT2D eigenvalue weighted by Crippen LogP contribution is -2.47. The standard InChI is InChI=1S/C30H32BrClF3N3O4/c1-16(2)15-42-29(41)22(14-17-6-7-17)20(12-13-30(33,34)35)27(39)38-26-28(40)37-25-21(4-3-5-23(25)31)24(36-26)18-8-10-19(32)11-9-18/h3-5,8-11,16-17,20,22,26H,6-7,12-15H2,1-2H3,(H,37,40)(H,38,39). The number of hydrogen-bond donors (Lipinski definition) is 2. The maximum atomic E-state index is 13.7. The number of nitrogens with zero attached hydrogens (tertiary/aromatic N) is 1. The molecule has 1 aliphatic heterocycles. The van der Waals surface area contributed by atoms with Gasteiger partial charge < -0.3 is 15.4 Å². The number of benzodiazepines with no additional fused rings is 1. The molecule has 2 N–H and O–H groups in total. The summed E-state index contributed by atoms with van der Waals surface area (Å²) < 4.78 is 46.0. The van der Waals surface area contributed by atoms with Gasteiger partial charge in [-0.2, -0.15) is 13.2 Å². The first-order valence-electron chi connectivity index (χ1n) is 13.8. The third kappa shape index (κ3) is 8.56. The van der Waals surface area contributed by atoms with Gasteiger partial charge in [0, 0.05) is 27.0 Å². The Morgan fingerprint density at radius 3 is 2.45 bits per heavy atom. The van der Waals surface area contributed by atoms with Gasteiger partial charge >= 0.3 is 12.1 Å². The Hall–Kier alpha value is -2.92. The smallest absolute Gasteiger partial charge is 0.389 e. The van der Waals surface area contributed by atoms with E-state index in [-0.39, 0.29) is 24.9 Å². The summed E-state index contributed by atoms with van der Waals surface area (Å²) in [6.45, 7) is 3.77. The monoisotopic (exact) mass is 669 g/mol. The van der Waals surface area contributed by atoms with E-state index < -0.39 is 54.8 Å². The minimum atomic E-state index is -4.54. The summed E-state index contributed by atoms with van der Waals surface area (Å²) in [6, 6.07) is 12.0. The number of carbonyl (C=O) groups excluding carboxylic acids is 3. The van der Waals surface area contributed by atoms with Gasteiger partial charge in [0.15, 0.2) is 0 Å². The zero-order chi connectivity index (χ0) is 30.6. The van der Waals surface area contributed by atoms with Crippen molar-refractivity contribution in [1.82, 2.24) is 5.32 Å². The lowest BCUT2D eigenvalue weighted by molar-refractivity contribution is -0.159. The van der Waals surface area contributed by atoms with Crippen molar-refractivity contribution < 1.29 is 32.3 Å². The molecule has 4 rings (SSSR count). The summed E-state index contributed by atoms with van der Waals surface area (Å²) in [4.78, 5) is 44.8. The molecule has 2 aromatic carbocycles. The Morgan fingerprint density at radius 1 is 1.14 bits per heavy atom. The fourth-order valence-corrected chi connectivity index (χ4v) is 5.39. The van der Waals surface area contributed by atoms with Crippen LogP contribution >= 0.6 is 27.5 Å². The Kier molecular flexibility index (Phi) is 10.4. The highest BCUT2D eigenvalue weighted by Gasteiger charge is 2.42. The lowest BCUT2D eigenvalue weighted by Gasteiger charge is -2.27. The number of benzene rings is 2. The summed E-state index contributed by atoms with van der Waals surface area (Å²) in [5, 5.41) is 5.80. The molecule has 3 atom stereocenters. The zero-order valence-electron chi connectivity index (χ0n) is 23.1. The molecule has 42 heavy (non-hydrogen) atoms. The number of anilines is 1. The fourth-order valence-electron chi connectivity index (χ4n) is 4.80. The average Bonchev–Trinajstić information content (AvgIpc) is 3.75. The molecule has 2 aliphatic rings. The largest absolute Gasteiger partial charge is 0.465 e. The molecule has 1 aliphatic carbocycles. The van der Waals surface area contributed by atoms with Gasteiger partial charge in [-0.05, 0) is 58.8 Å². The number of hydrogen-bond acceptors (Lipinski definition) is 5. The average molecular weight is 671 g/mol. The minimum absolute atomic E-state index is 0.00856. The molecule has 2 amide bonds. The van der Waals surface area contributed by atoms with Gasteiger partial charge in [0.1, 0.15) is 0 Å². The number of alkyl halides is 3. The molecule has 2 aromatic rings. The van der Waals surface area contributed by atoms with E-state index in [0.717, 1.165) is 12.8 Å². The van der Waals surface area contributed by atoms with Crippen LogP contribution in [0.25, 0.3) is 0 Å². The van der Waals surface area contributed by atoms with Crippen molar-refractivity contribution in [3.63, 3.8) is 0 Å². The molecule has 0 radical (unpaired) electrons. The number of fused-ring (bicyclic) bond motifs is 1. The molecular weight excluding hydrogens is 639 g/mol. The van der Waals surface area contributed by atoms with Crippen LogP contribution in [-0.4, -0.2) is 42.4 Å². The van der Waals surface area contributed by atoms with Crippen LogP contribution < -0.4 is 10.6 Å². The molecule has 7 nitrogen and oxygen atoms in total. The zero-order valence-corrected chi connectivity index (χ0v) is 25.5. The Balaban J connectivity index is 1.68. The van der Waals surface area contributed by atoms with Crippen LogP contribution in [0.3, 0.4) is 0 Å². The summed E-state index contributed by atoms with van der Waals surface area (Å²) in [7, 11) is 0. The molecule has 12 heteroatoms. The van der Waals surface area contributed by atoms with Gasteiger partial charge in [0.2, 0.25) is 12.1 Å². The maximum Gasteiger partial charge on any atom is 0.389 e. The third-order valence-electron chi connectivity index (χ3n) is 7.13. The highest BCUT2D eigenvalue weighted by molar-refractivity contribution is 9.10. The molecule has 3 unspecified atom stereocenters. The van der Waals surface area contributed by atoms with E-state index in [2.05, 4.69) is 31.6 Å². The van der Waals surface area contributed by atoms with E-state index in [1.807, 2.05) is 13.8 Å². The van der Waals surface area contributed by atoms with Crippen LogP contribution in [0.4, 0.5) is 18.9 Å². The highest BCUT2D eigenvalue weighted by Crippen LogP contribution is 2.40. The summed E-state index contributed by atoms with van der Waals surface area (Å²) in [5.41, 5.74) is 1.95.